The highest BCUT2D eigenvalue weighted by molar-refractivity contribution is 5.71. The lowest BCUT2D eigenvalue weighted by molar-refractivity contribution is 0.881. The average molecular weight is 297 g/mol. The number of anilines is 2. The lowest BCUT2D eigenvalue weighted by Crippen LogP contribution is -2.16. The van der Waals surface area contributed by atoms with Crippen LogP contribution in [0.3, 0.4) is 0 Å². The van der Waals surface area contributed by atoms with Crippen molar-refractivity contribution in [2.24, 2.45) is 0 Å². The Balaban J connectivity index is 1.68. The summed E-state index contributed by atoms with van der Waals surface area (Å²) in [5, 5.41) is 19.2. The van der Waals surface area contributed by atoms with E-state index in [0.29, 0.717) is 0 Å². The summed E-state index contributed by atoms with van der Waals surface area (Å²) in [7, 11) is 0. The van der Waals surface area contributed by atoms with Gasteiger partial charge in [-0.1, -0.05) is 6.07 Å². The molecule has 0 saturated heterocycles. The van der Waals surface area contributed by atoms with Crippen LogP contribution in [0.1, 0.15) is 16.8 Å². The minimum absolute atomic E-state index is 0.747. The van der Waals surface area contributed by atoms with Crippen LogP contribution in [-0.2, 0) is 0 Å². The molecule has 7 heteroatoms. The first-order valence-corrected chi connectivity index (χ1v) is 7.23. The van der Waals surface area contributed by atoms with Gasteiger partial charge in [0, 0.05) is 19.3 Å². The fourth-order valence-electron chi connectivity index (χ4n) is 2.30. The van der Waals surface area contributed by atoms with E-state index >= 15 is 0 Å². The van der Waals surface area contributed by atoms with Gasteiger partial charge in [-0.2, -0.15) is 9.61 Å². The highest BCUT2D eigenvalue weighted by Gasteiger charge is 2.10. The van der Waals surface area contributed by atoms with E-state index in [2.05, 4.69) is 30.9 Å². The molecule has 0 amide bonds. The summed E-state index contributed by atoms with van der Waals surface area (Å²) in [5.41, 5.74) is 4.91. The van der Waals surface area contributed by atoms with Crippen molar-refractivity contribution < 1.29 is 0 Å². The molecule has 3 aromatic rings. The number of nitrogens with zero attached hydrogens (tertiary/aromatic N) is 5. The zero-order chi connectivity index (χ0) is 15.5. The summed E-state index contributed by atoms with van der Waals surface area (Å²) >= 11 is 0. The maximum Gasteiger partial charge on any atom is 0.200 e. The number of hydrogen-bond donors (Lipinski definition) is 2. The largest absolute Gasteiger partial charge is 0.380 e. The molecule has 0 bridgehead atoms. The first-order chi connectivity index (χ1) is 10.7. The molecule has 0 aliphatic rings. The van der Waals surface area contributed by atoms with Crippen molar-refractivity contribution in [1.82, 2.24) is 24.8 Å². The Kier molecular flexibility index (Phi) is 3.86. The summed E-state index contributed by atoms with van der Waals surface area (Å²) in [6, 6.07) is 3.97. The quantitative estimate of drug-likeness (QED) is 0.701. The third-order valence-corrected chi connectivity index (χ3v) is 3.66. The Hall–Kier alpha value is -2.70. The molecule has 0 spiro atoms. The van der Waals surface area contributed by atoms with Gasteiger partial charge in [-0.25, -0.2) is 4.98 Å². The van der Waals surface area contributed by atoms with Crippen LogP contribution in [0.4, 0.5) is 11.5 Å². The number of fused-ring (bicyclic) bond motifs is 1. The molecular weight excluding hydrogens is 278 g/mol. The Labute approximate surface area is 128 Å². The van der Waals surface area contributed by atoms with Crippen LogP contribution in [0.5, 0.6) is 0 Å². The molecule has 22 heavy (non-hydrogen) atoms. The van der Waals surface area contributed by atoms with Crippen molar-refractivity contribution in [1.29, 1.82) is 0 Å². The Morgan fingerprint density at radius 2 is 1.95 bits per heavy atom. The topological polar surface area (TPSA) is 80.0 Å². The summed E-state index contributed by atoms with van der Waals surface area (Å²) < 4.78 is 1.70. The van der Waals surface area contributed by atoms with E-state index < -0.39 is 0 Å². The zero-order valence-electron chi connectivity index (χ0n) is 13.0. The Morgan fingerprint density at radius 3 is 2.77 bits per heavy atom. The molecular formula is C15H19N7. The number of pyridine rings is 1. The molecule has 3 aromatic heterocycles. The van der Waals surface area contributed by atoms with E-state index in [9.17, 15) is 0 Å². The van der Waals surface area contributed by atoms with Crippen molar-refractivity contribution >= 4 is 17.2 Å². The van der Waals surface area contributed by atoms with Crippen molar-refractivity contribution in [2.75, 3.05) is 23.7 Å². The second-order valence-electron chi connectivity index (χ2n) is 5.21. The molecule has 7 nitrogen and oxygen atoms in total. The van der Waals surface area contributed by atoms with Crippen LogP contribution in [0.25, 0.3) is 5.65 Å². The number of aryl methyl sites for hydroxylation is 2. The van der Waals surface area contributed by atoms with Gasteiger partial charge in [-0.3, -0.25) is 0 Å². The molecule has 0 aromatic carbocycles. The predicted molar refractivity (Wildman–Crippen MR) is 86.2 cm³/mol. The van der Waals surface area contributed by atoms with E-state index in [1.165, 1.54) is 0 Å². The highest BCUT2D eigenvalue weighted by Crippen LogP contribution is 2.21. The monoisotopic (exact) mass is 297 g/mol. The fraction of sp³-hybridized carbons (Fsp3) is 0.333. The van der Waals surface area contributed by atoms with Crippen LogP contribution >= 0.6 is 0 Å². The van der Waals surface area contributed by atoms with Crippen molar-refractivity contribution in [3.05, 3.63) is 41.5 Å². The van der Waals surface area contributed by atoms with Crippen LogP contribution in [0.2, 0.25) is 0 Å². The van der Waals surface area contributed by atoms with Crippen molar-refractivity contribution in [2.45, 2.75) is 20.8 Å². The highest BCUT2D eigenvalue weighted by atomic mass is 15.3. The van der Waals surface area contributed by atoms with Crippen molar-refractivity contribution in [3.63, 3.8) is 0 Å². The van der Waals surface area contributed by atoms with Gasteiger partial charge in [0.1, 0.15) is 12.1 Å². The van der Waals surface area contributed by atoms with Crippen molar-refractivity contribution in [3.8, 4) is 0 Å². The number of aromatic nitrogens is 5. The molecule has 0 saturated carbocycles. The second kappa shape index (κ2) is 5.97. The molecule has 3 heterocycles. The third-order valence-electron chi connectivity index (χ3n) is 3.66. The van der Waals surface area contributed by atoms with Gasteiger partial charge in [-0.15, -0.1) is 10.2 Å². The van der Waals surface area contributed by atoms with Gasteiger partial charge < -0.3 is 10.6 Å². The first kappa shape index (κ1) is 14.2. The van der Waals surface area contributed by atoms with E-state index in [1.807, 2.05) is 32.9 Å². The van der Waals surface area contributed by atoms with Crippen LogP contribution < -0.4 is 10.6 Å². The lowest BCUT2D eigenvalue weighted by Gasteiger charge is -2.13. The summed E-state index contributed by atoms with van der Waals surface area (Å²) in [4.78, 5) is 4.32. The molecule has 0 radical (unpaired) electrons. The van der Waals surface area contributed by atoms with Crippen LogP contribution in [0, 0.1) is 20.8 Å². The summed E-state index contributed by atoms with van der Waals surface area (Å²) in [6.45, 7) is 7.58. The molecule has 2 N–H and O–H groups in total. The number of rotatable bonds is 5. The van der Waals surface area contributed by atoms with Gasteiger partial charge >= 0.3 is 0 Å². The standard InChI is InChI=1S/C15H19N7/c1-10-5-4-6-17-14(10)18-8-7-16-13-11(2)12(3)21-22-9-19-20-15(13)22/h4-6,9,16H,7-8H2,1-3H3,(H,17,18). The number of nitrogens with one attached hydrogen (secondary N) is 2. The SMILES string of the molecule is Cc1cccnc1NCCNc1c(C)c(C)nn2cnnc12. The molecule has 0 atom stereocenters. The number of hydrogen-bond acceptors (Lipinski definition) is 6. The minimum atomic E-state index is 0.747. The van der Waals surface area contributed by atoms with Gasteiger partial charge in [0.25, 0.3) is 0 Å². The summed E-state index contributed by atoms with van der Waals surface area (Å²) in [5.74, 6) is 0.916. The van der Waals surface area contributed by atoms with Crippen LogP contribution in [-0.4, -0.2) is 37.9 Å². The first-order valence-electron chi connectivity index (χ1n) is 7.23. The predicted octanol–water partition coefficient (Wildman–Crippen LogP) is 1.97. The van der Waals surface area contributed by atoms with Gasteiger partial charge in [0.2, 0.25) is 5.65 Å². The summed E-state index contributed by atoms with van der Waals surface area (Å²) in [6.07, 6.45) is 3.40. The van der Waals surface area contributed by atoms with E-state index in [1.54, 1.807) is 17.0 Å². The zero-order valence-corrected chi connectivity index (χ0v) is 13.0. The third kappa shape index (κ3) is 2.69. The molecule has 114 valence electrons. The van der Waals surface area contributed by atoms with Gasteiger partial charge in [-0.05, 0) is 38.0 Å². The second-order valence-corrected chi connectivity index (χ2v) is 5.21. The van der Waals surface area contributed by atoms with Crippen LogP contribution in [0.15, 0.2) is 24.7 Å². The molecule has 0 aliphatic carbocycles. The van der Waals surface area contributed by atoms with E-state index in [-0.39, 0.29) is 0 Å². The normalized spacial score (nSPS) is 10.9. The maximum absolute atomic E-state index is 4.41. The van der Waals surface area contributed by atoms with E-state index in [4.69, 9.17) is 0 Å². The van der Waals surface area contributed by atoms with Gasteiger partial charge in [0.05, 0.1) is 11.4 Å². The minimum Gasteiger partial charge on any atom is -0.380 e. The van der Waals surface area contributed by atoms with Gasteiger partial charge in [0.15, 0.2) is 0 Å². The molecule has 0 unspecified atom stereocenters. The average Bonchev–Trinajstić information content (AvgIpc) is 2.96. The molecule has 0 fully saturated rings. The van der Waals surface area contributed by atoms with E-state index in [0.717, 1.165) is 47.1 Å². The smallest absolute Gasteiger partial charge is 0.200 e. The Bertz CT molecular complexity index is 794. The molecule has 0 aliphatic heterocycles. The molecule has 3 rings (SSSR count). The lowest BCUT2D eigenvalue weighted by atomic mass is 10.2. The Morgan fingerprint density at radius 1 is 1.14 bits per heavy atom. The maximum atomic E-state index is 4.41. The fourth-order valence-corrected chi connectivity index (χ4v) is 2.30.